The molecular formula is C24H20N2O4. The lowest BCUT2D eigenvalue weighted by Crippen LogP contribution is -2.02. The first kappa shape index (κ1) is 18.0. The highest BCUT2D eigenvalue weighted by atomic mass is 16.3. The van der Waals surface area contributed by atoms with Gasteiger partial charge in [0.05, 0.1) is 0 Å². The number of nitrogens with one attached hydrogen (secondary N) is 2. The zero-order chi connectivity index (χ0) is 21.0. The third-order valence-electron chi connectivity index (χ3n) is 5.61. The maximum Gasteiger partial charge on any atom is 0.200 e. The van der Waals surface area contributed by atoms with Gasteiger partial charge < -0.3 is 30.4 Å². The zero-order valence-corrected chi connectivity index (χ0v) is 16.1. The van der Waals surface area contributed by atoms with Gasteiger partial charge in [-0.25, -0.2) is 0 Å². The summed E-state index contributed by atoms with van der Waals surface area (Å²) >= 11 is 0. The van der Waals surface area contributed by atoms with Gasteiger partial charge in [-0.15, -0.1) is 0 Å². The third kappa shape index (κ3) is 2.73. The number of phenolic OH excluding ortho intramolecular Hbond substituents is 4. The average Bonchev–Trinajstić information content (AvgIpc) is 3.30. The second-order valence-electron chi connectivity index (χ2n) is 7.61. The number of H-pyrrole nitrogens is 2. The Morgan fingerprint density at radius 3 is 1.90 bits per heavy atom. The molecule has 1 unspecified atom stereocenters. The van der Waals surface area contributed by atoms with Gasteiger partial charge in [-0.2, -0.15) is 0 Å². The SMILES string of the molecule is Cc1ccc2c(C(c3cc(O)c(O)c(O)c3)c3c[nH]c4cc(O)ccc34)c[nH]c2c1. The lowest BCUT2D eigenvalue weighted by atomic mass is 9.84. The minimum absolute atomic E-state index is 0.162. The van der Waals surface area contributed by atoms with Gasteiger partial charge in [-0.1, -0.05) is 12.1 Å². The van der Waals surface area contributed by atoms with E-state index in [-0.39, 0.29) is 23.2 Å². The Balaban J connectivity index is 1.81. The van der Waals surface area contributed by atoms with Crippen molar-refractivity contribution in [1.82, 2.24) is 9.97 Å². The van der Waals surface area contributed by atoms with E-state index in [1.54, 1.807) is 12.1 Å². The molecule has 0 fully saturated rings. The summed E-state index contributed by atoms with van der Waals surface area (Å²) in [7, 11) is 0. The molecule has 6 heteroatoms. The predicted octanol–water partition coefficient (Wildman–Crippen LogP) is 4.96. The van der Waals surface area contributed by atoms with E-state index in [1.165, 1.54) is 12.1 Å². The second-order valence-corrected chi connectivity index (χ2v) is 7.61. The summed E-state index contributed by atoms with van der Waals surface area (Å²) in [4.78, 5) is 6.51. The van der Waals surface area contributed by atoms with Gasteiger partial charge in [0.2, 0.25) is 0 Å². The highest BCUT2D eigenvalue weighted by Crippen LogP contribution is 2.44. The number of phenols is 4. The van der Waals surface area contributed by atoms with Crippen molar-refractivity contribution in [2.45, 2.75) is 12.8 Å². The molecule has 1 atom stereocenters. The first-order valence-electron chi connectivity index (χ1n) is 9.55. The van der Waals surface area contributed by atoms with Crippen LogP contribution < -0.4 is 0 Å². The lowest BCUT2D eigenvalue weighted by molar-refractivity contribution is 0.367. The van der Waals surface area contributed by atoms with E-state index in [0.29, 0.717) is 5.56 Å². The molecule has 2 aromatic heterocycles. The Hall–Kier alpha value is -4.06. The Morgan fingerprint density at radius 1 is 0.700 bits per heavy atom. The number of hydrogen-bond acceptors (Lipinski definition) is 4. The molecule has 0 spiro atoms. The highest BCUT2D eigenvalue weighted by molar-refractivity contribution is 5.90. The number of aromatic hydroxyl groups is 4. The number of aryl methyl sites for hydroxylation is 1. The second kappa shape index (κ2) is 6.49. The fourth-order valence-corrected chi connectivity index (χ4v) is 4.20. The van der Waals surface area contributed by atoms with Gasteiger partial charge >= 0.3 is 0 Å². The predicted molar refractivity (Wildman–Crippen MR) is 115 cm³/mol. The molecule has 0 aliphatic carbocycles. The first-order valence-corrected chi connectivity index (χ1v) is 9.55. The van der Waals surface area contributed by atoms with Crippen LogP contribution >= 0.6 is 0 Å². The van der Waals surface area contributed by atoms with Crippen LogP contribution in [0.3, 0.4) is 0 Å². The van der Waals surface area contributed by atoms with Crippen LogP contribution in [0.15, 0.2) is 60.9 Å². The van der Waals surface area contributed by atoms with E-state index >= 15 is 0 Å². The van der Waals surface area contributed by atoms with Crippen LogP contribution in [0.4, 0.5) is 0 Å². The normalized spacial score (nSPS) is 12.6. The molecular weight excluding hydrogens is 380 g/mol. The van der Waals surface area contributed by atoms with Crippen molar-refractivity contribution in [2.24, 2.45) is 0 Å². The van der Waals surface area contributed by atoms with E-state index in [4.69, 9.17) is 0 Å². The average molecular weight is 400 g/mol. The molecule has 5 rings (SSSR count). The molecule has 3 aromatic carbocycles. The maximum absolute atomic E-state index is 10.2. The minimum Gasteiger partial charge on any atom is -0.508 e. The van der Waals surface area contributed by atoms with E-state index < -0.39 is 5.75 Å². The first-order chi connectivity index (χ1) is 14.4. The van der Waals surface area contributed by atoms with E-state index in [2.05, 4.69) is 16.0 Å². The minimum atomic E-state index is -0.545. The van der Waals surface area contributed by atoms with Crippen molar-refractivity contribution in [2.75, 3.05) is 0 Å². The Morgan fingerprint density at radius 2 is 1.27 bits per heavy atom. The molecule has 0 saturated carbocycles. The van der Waals surface area contributed by atoms with Gasteiger partial charge in [0, 0.05) is 46.2 Å². The van der Waals surface area contributed by atoms with Crippen molar-refractivity contribution in [1.29, 1.82) is 0 Å². The van der Waals surface area contributed by atoms with E-state index in [0.717, 1.165) is 38.5 Å². The number of aromatic nitrogens is 2. The van der Waals surface area contributed by atoms with Crippen molar-refractivity contribution >= 4 is 21.8 Å². The molecule has 30 heavy (non-hydrogen) atoms. The smallest absolute Gasteiger partial charge is 0.200 e. The van der Waals surface area contributed by atoms with Crippen molar-refractivity contribution in [3.63, 3.8) is 0 Å². The van der Waals surface area contributed by atoms with E-state index in [9.17, 15) is 20.4 Å². The summed E-state index contributed by atoms with van der Waals surface area (Å²) in [6.45, 7) is 2.03. The molecule has 5 aromatic rings. The third-order valence-corrected chi connectivity index (χ3v) is 5.61. The van der Waals surface area contributed by atoms with Crippen LogP contribution in [0.25, 0.3) is 21.8 Å². The Labute approximate surface area is 171 Å². The Kier molecular flexibility index (Phi) is 3.89. The van der Waals surface area contributed by atoms with Crippen LogP contribution in [0.2, 0.25) is 0 Å². The molecule has 0 bridgehead atoms. The summed E-state index contributed by atoms with van der Waals surface area (Å²) < 4.78 is 0. The standard InChI is InChI=1S/C24H20N2O4/c1-12-2-4-15-17(10-25-19(15)6-12)23(13-7-21(28)24(30)22(29)8-13)18-11-26-20-9-14(27)3-5-16(18)20/h2-11,23,25-30H,1H3. The highest BCUT2D eigenvalue weighted by Gasteiger charge is 2.25. The zero-order valence-electron chi connectivity index (χ0n) is 16.1. The molecule has 150 valence electrons. The van der Waals surface area contributed by atoms with Gasteiger partial charge in [-0.05, 0) is 59.5 Å². The number of hydrogen-bond donors (Lipinski definition) is 6. The summed E-state index contributed by atoms with van der Waals surface area (Å²) in [6.07, 6.45) is 3.79. The van der Waals surface area contributed by atoms with Gasteiger partial charge in [0.1, 0.15) is 5.75 Å². The molecule has 2 heterocycles. The molecule has 0 aliphatic rings. The van der Waals surface area contributed by atoms with Crippen LogP contribution in [0.1, 0.15) is 28.2 Å². The number of aromatic amines is 2. The molecule has 0 aliphatic heterocycles. The summed E-state index contributed by atoms with van der Waals surface area (Å²) in [6, 6.07) is 14.2. The van der Waals surface area contributed by atoms with Crippen molar-refractivity contribution in [3.05, 3.63) is 83.2 Å². The number of benzene rings is 3. The van der Waals surface area contributed by atoms with Crippen LogP contribution in [-0.4, -0.2) is 30.4 Å². The van der Waals surface area contributed by atoms with E-state index in [1.807, 2.05) is 37.5 Å². The quantitative estimate of drug-likeness (QED) is 0.240. The molecule has 6 N–H and O–H groups in total. The Bertz CT molecular complexity index is 1310. The van der Waals surface area contributed by atoms with Gasteiger partial charge in [0.25, 0.3) is 0 Å². The van der Waals surface area contributed by atoms with Crippen LogP contribution in [-0.2, 0) is 0 Å². The number of rotatable bonds is 3. The van der Waals surface area contributed by atoms with Gasteiger partial charge in [-0.3, -0.25) is 0 Å². The topological polar surface area (TPSA) is 112 Å². The van der Waals surface area contributed by atoms with Crippen LogP contribution in [0, 0.1) is 6.92 Å². The number of fused-ring (bicyclic) bond motifs is 2. The molecule has 0 amide bonds. The summed E-state index contributed by atoms with van der Waals surface area (Å²) in [5, 5.41) is 41.9. The largest absolute Gasteiger partial charge is 0.508 e. The molecule has 6 nitrogen and oxygen atoms in total. The fraction of sp³-hybridized carbons (Fsp3) is 0.0833. The lowest BCUT2D eigenvalue weighted by Gasteiger charge is -2.18. The maximum atomic E-state index is 10.2. The molecule has 0 saturated heterocycles. The summed E-state index contributed by atoms with van der Waals surface area (Å²) in [5.41, 5.74) is 5.39. The van der Waals surface area contributed by atoms with Crippen molar-refractivity contribution < 1.29 is 20.4 Å². The molecule has 0 radical (unpaired) electrons. The van der Waals surface area contributed by atoms with Gasteiger partial charge in [0.15, 0.2) is 17.2 Å². The summed E-state index contributed by atoms with van der Waals surface area (Å²) in [5.74, 6) is -1.51. The van der Waals surface area contributed by atoms with Crippen LogP contribution in [0.5, 0.6) is 23.0 Å². The fourth-order valence-electron chi connectivity index (χ4n) is 4.20. The van der Waals surface area contributed by atoms with Crippen molar-refractivity contribution in [3.8, 4) is 23.0 Å². The monoisotopic (exact) mass is 400 g/mol.